The maximum Gasteiger partial charge on any atom is 0.417 e. The zero-order chi connectivity index (χ0) is 24.6. The highest BCUT2D eigenvalue weighted by atomic mass is 19.4. The molecule has 180 valence electrons. The molecule has 0 saturated heterocycles. The van der Waals surface area contributed by atoms with Gasteiger partial charge >= 0.3 is 6.18 Å². The van der Waals surface area contributed by atoms with Gasteiger partial charge in [-0.1, -0.05) is 44.2 Å². The number of nitrogens with one attached hydrogen (secondary N) is 1. The number of amides is 1. The second-order valence-electron chi connectivity index (χ2n) is 8.51. The van der Waals surface area contributed by atoms with Gasteiger partial charge in [-0.25, -0.2) is 0 Å². The molecule has 2 unspecified atom stereocenters. The van der Waals surface area contributed by atoms with E-state index in [4.69, 9.17) is 4.74 Å². The van der Waals surface area contributed by atoms with E-state index in [-0.39, 0.29) is 29.2 Å². The van der Waals surface area contributed by atoms with Crippen molar-refractivity contribution in [3.63, 3.8) is 0 Å². The van der Waals surface area contributed by atoms with E-state index in [0.717, 1.165) is 17.8 Å². The fourth-order valence-corrected chi connectivity index (χ4v) is 3.49. The van der Waals surface area contributed by atoms with Crippen LogP contribution in [0.5, 0.6) is 5.75 Å². The number of likely N-dealkylation sites (N-methyl/N-ethyl adjacent to an activating group) is 1. The van der Waals surface area contributed by atoms with E-state index >= 15 is 0 Å². The van der Waals surface area contributed by atoms with Gasteiger partial charge in [-0.15, -0.1) is 0 Å². The Labute approximate surface area is 193 Å². The van der Waals surface area contributed by atoms with Gasteiger partial charge in [0.25, 0.3) is 5.91 Å². The van der Waals surface area contributed by atoms with Gasteiger partial charge in [-0.3, -0.25) is 9.79 Å². The van der Waals surface area contributed by atoms with Gasteiger partial charge in [0.2, 0.25) is 0 Å². The first kappa shape index (κ1) is 26.4. The molecule has 1 N–H and O–H groups in total. The molecule has 33 heavy (non-hydrogen) atoms. The van der Waals surface area contributed by atoms with E-state index in [2.05, 4.69) is 10.3 Å². The van der Waals surface area contributed by atoms with Crippen LogP contribution >= 0.6 is 0 Å². The van der Waals surface area contributed by atoms with Crippen LogP contribution in [-0.4, -0.2) is 50.8 Å². The molecule has 0 aliphatic heterocycles. The Kier molecular flexibility index (Phi) is 9.46. The monoisotopic (exact) mass is 463 g/mol. The molecular formula is C25H32F3N3O2. The molecular weight excluding hydrogens is 431 g/mol. The van der Waals surface area contributed by atoms with E-state index in [9.17, 15) is 18.0 Å². The summed E-state index contributed by atoms with van der Waals surface area (Å²) in [6, 6.07) is 13.4. The summed E-state index contributed by atoms with van der Waals surface area (Å²) in [5, 5.41) is 2.92. The summed E-state index contributed by atoms with van der Waals surface area (Å²) in [6.07, 6.45) is -3.98. The van der Waals surface area contributed by atoms with Gasteiger partial charge < -0.3 is 15.0 Å². The van der Waals surface area contributed by atoms with Crippen LogP contribution < -0.4 is 10.1 Å². The number of hydrogen-bond acceptors (Lipinski definition) is 4. The van der Waals surface area contributed by atoms with Crippen molar-refractivity contribution >= 4 is 12.1 Å². The van der Waals surface area contributed by atoms with E-state index in [1.54, 1.807) is 0 Å². The van der Waals surface area contributed by atoms with Gasteiger partial charge in [0.1, 0.15) is 5.75 Å². The molecule has 8 heteroatoms. The minimum atomic E-state index is -4.57. The van der Waals surface area contributed by atoms with Crippen LogP contribution in [0.4, 0.5) is 13.2 Å². The molecule has 0 bridgehead atoms. The molecule has 0 radical (unpaired) electrons. The van der Waals surface area contributed by atoms with Crippen LogP contribution in [0.1, 0.15) is 43.0 Å². The lowest BCUT2D eigenvalue weighted by atomic mass is 10.0. The number of ether oxygens (including phenoxy) is 1. The quantitative estimate of drug-likeness (QED) is 0.507. The minimum absolute atomic E-state index is 0.0106. The lowest BCUT2D eigenvalue weighted by Crippen LogP contribution is -2.42. The molecule has 0 aliphatic rings. The number of benzene rings is 2. The number of carbonyl (C=O) groups is 1. The summed E-state index contributed by atoms with van der Waals surface area (Å²) in [5.41, 5.74) is 0.136. The predicted octanol–water partition coefficient (Wildman–Crippen LogP) is 4.97. The van der Waals surface area contributed by atoms with E-state index in [1.165, 1.54) is 19.2 Å². The topological polar surface area (TPSA) is 53.9 Å². The van der Waals surface area contributed by atoms with Crippen molar-refractivity contribution in [2.24, 2.45) is 10.9 Å². The summed E-state index contributed by atoms with van der Waals surface area (Å²) in [5.74, 6) is -0.268. The van der Waals surface area contributed by atoms with Crippen LogP contribution in [0.25, 0.3) is 0 Å². The molecule has 1 amide bonds. The van der Waals surface area contributed by atoms with Crippen LogP contribution in [0.3, 0.4) is 0 Å². The van der Waals surface area contributed by atoms with Crippen molar-refractivity contribution in [2.75, 3.05) is 27.7 Å². The maximum atomic E-state index is 13.5. The fraction of sp³-hybridized carbons (Fsp3) is 0.440. The van der Waals surface area contributed by atoms with Gasteiger partial charge in [0.05, 0.1) is 11.6 Å². The second kappa shape index (κ2) is 11.8. The minimum Gasteiger partial charge on any atom is -0.481 e. The Bertz CT molecular complexity index is 928. The fourth-order valence-electron chi connectivity index (χ4n) is 3.49. The summed E-state index contributed by atoms with van der Waals surface area (Å²) in [4.78, 5) is 18.7. The van der Waals surface area contributed by atoms with Crippen molar-refractivity contribution in [2.45, 2.75) is 38.6 Å². The first-order chi connectivity index (χ1) is 15.5. The summed E-state index contributed by atoms with van der Waals surface area (Å²) < 4.78 is 46.3. The lowest BCUT2D eigenvalue weighted by Gasteiger charge is -2.27. The second-order valence-corrected chi connectivity index (χ2v) is 8.51. The zero-order valence-corrected chi connectivity index (χ0v) is 19.7. The third-order valence-corrected chi connectivity index (χ3v) is 5.13. The van der Waals surface area contributed by atoms with Crippen molar-refractivity contribution in [3.05, 3.63) is 65.2 Å². The van der Waals surface area contributed by atoms with Gasteiger partial charge in [-0.05, 0) is 50.2 Å². The Hall–Kier alpha value is -2.87. The van der Waals surface area contributed by atoms with E-state index in [0.29, 0.717) is 13.0 Å². The van der Waals surface area contributed by atoms with Crippen molar-refractivity contribution < 1.29 is 22.7 Å². The van der Waals surface area contributed by atoms with Crippen LogP contribution in [0.15, 0.2) is 53.5 Å². The summed E-state index contributed by atoms with van der Waals surface area (Å²) >= 11 is 0. The Morgan fingerprint density at radius 2 is 1.82 bits per heavy atom. The molecule has 0 spiro atoms. The normalized spacial score (nSPS) is 14.0. The Balaban J connectivity index is 2.21. The molecule has 2 aromatic rings. The smallest absolute Gasteiger partial charge is 0.417 e. The highest BCUT2D eigenvalue weighted by Gasteiger charge is 2.34. The molecule has 5 nitrogen and oxygen atoms in total. The SMILES string of the molecule is CN=Cc1ccc(OC(CC(C)C)C(=O)NCC(c2ccccc2)N(C)C)cc1C(F)(F)F. The van der Waals surface area contributed by atoms with Crippen molar-refractivity contribution in [1.82, 2.24) is 10.2 Å². The number of aliphatic imine (C=N–C) groups is 1. The lowest BCUT2D eigenvalue weighted by molar-refractivity contribution is -0.137. The number of nitrogens with zero attached hydrogens (tertiary/aromatic N) is 2. The van der Waals surface area contributed by atoms with Gasteiger partial charge in [0, 0.05) is 25.4 Å². The first-order valence-electron chi connectivity index (χ1n) is 10.8. The highest BCUT2D eigenvalue weighted by Crippen LogP contribution is 2.34. The van der Waals surface area contributed by atoms with Crippen molar-refractivity contribution in [1.29, 1.82) is 0 Å². The Morgan fingerprint density at radius 1 is 1.15 bits per heavy atom. The summed E-state index contributed by atoms with van der Waals surface area (Å²) in [6.45, 7) is 4.20. The number of rotatable bonds is 10. The standard InChI is InChI=1S/C25H32F3N3O2/c1-17(2)13-23(24(32)30-16-22(31(4)5)18-9-7-6-8-10-18)33-20-12-11-19(15-29-3)21(14-20)25(26,27)28/h6-12,14-15,17,22-23H,13,16H2,1-5H3,(H,30,32). The molecule has 0 saturated carbocycles. The van der Waals surface area contributed by atoms with Crippen LogP contribution in [0.2, 0.25) is 0 Å². The van der Waals surface area contributed by atoms with Crippen LogP contribution in [0, 0.1) is 5.92 Å². The zero-order valence-electron chi connectivity index (χ0n) is 19.7. The molecule has 0 fully saturated rings. The third-order valence-electron chi connectivity index (χ3n) is 5.13. The number of alkyl halides is 3. The Morgan fingerprint density at radius 3 is 2.36 bits per heavy atom. The number of carbonyl (C=O) groups excluding carboxylic acids is 1. The molecule has 2 rings (SSSR count). The van der Waals surface area contributed by atoms with Crippen LogP contribution in [-0.2, 0) is 11.0 Å². The van der Waals surface area contributed by atoms with Crippen molar-refractivity contribution in [3.8, 4) is 5.75 Å². The molecule has 0 aromatic heterocycles. The number of halogens is 3. The predicted molar refractivity (Wildman–Crippen MR) is 125 cm³/mol. The maximum absolute atomic E-state index is 13.5. The summed E-state index contributed by atoms with van der Waals surface area (Å²) in [7, 11) is 5.25. The largest absolute Gasteiger partial charge is 0.481 e. The molecule has 2 aromatic carbocycles. The number of hydrogen-bond donors (Lipinski definition) is 1. The average Bonchev–Trinajstić information content (AvgIpc) is 2.74. The molecule has 0 heterocycles. The third kappa shape index (κ3) is 7.89. The molecule has 2 atom stereocenters. The van der Waals surface area contributed by atoms with E-state index < -0.39 is 17.8 Å². The van der Waals surface area contributed by atoms with Gasteiger partial charge in [0.15, 0.2) is 6.10 Å². The molecule has 0 aliphatic carbocycles. The van der Waals surface area contributed by atoms with Gasteiger partial charge in [-0.2, -0.15) is 13.2 Å². The first-order valence-corrected chi connectivity index (χ1v) is 10.8. The van der Waals surface area contributed by atoms with E-state index in [1.807, 2.05) is 63.2 Å². The average molecular weight is 464 g/mol. The highest BCUT2D eigenvalue weighted by molar-refractivity contribution is 5.83.